The number of H-pyrrole nitrogens is 1. The third kappa shape index (κ3) is 4.63. The number of aromatic amines is 1. The molecular formula is C29H25F3N4O2. The summed E-state index contributed by atoms with van der Waals surface area (Å²) in [6.07, 6.45) is -2.71. The number of benzene rings is 3. The third-order valence-electron chi connectivity index (χ3n) is 6.47. The number of amides is 1. The molecule has 0 aliphatic heterocycles. The Morgan fingerprint density at radius 1 is 1.03 bits per heavy atom. The lowest BCUT2D eigenvalue weighted by molar-refractivity contribution is -0.137. The highest BCUT2D eigenvalue weighted by Gasteiger charge is 2.32. The number of alkyl halides is 3. The van der Waals surface area contributed by atoms with E-state index < -0.39 is 11.7 Å². The van der Waals surface area contributed by atoms with E-state index in [1.807, 2.05) is 44.2 Å². The predicted octanol–water partition coefficient (Wildman–Crippen LogP) is 6.54. The van der Waals surface area contributed by atoms with Crippen molar-refractivity contribution in [1.29, 1.82) is 0 Å². The molecule has 0 unspecified atom stereocenters. The SMILES string of the molecule is C/C(=N\NC(=O)Cc1c[nH]c2ccccc12)c1c(O)n(-c2cc(C)cc(C)c2)c2cc(C(F)(F)F)ccc12. The van der Waals surface area contributed by atoms with Crippen LogP contribution in [0.1, 0.15) is 34.7 Å². The zero-order valence-corrected chi connectivity index (χ0v) is 20.9. The summed E-state index contributed by atoms with van der Waals surface area (Å²) in [5, 5.41) is 16.8. The zero-order valence-electron chi connectivity index (χ0n) is 20.9. The molecule has 0 aliphatic rings. The predicted molar refractivity (Wildman–Crippen MR) is 142 cm³/mol. The van der Waals surface area contributed by atoms with Crippen LogP contribution in [0.15, 0.2) is 72.0 Å². The third-order valence-corrected chi connectivity index (χ3v) is 6.47. The first kappa shape index (κ1) is 25.1. The average Bonchev–Trinajstić information content (AvgIpc) is 3.38. The molecule has 0 atom stereocenters. The first-order valence-corrected chi connectivity index (χ1v) is 11.9. The van der Waals surface area contributed by atoms with Crippen LogP contribution >= 0.6 is 0 Å². The van der Waals surface area contributed by atoms with E-state index in [4.69, 9.17) is 0 Å². The largest absolute Gasteiger partial charge is 0.494 e. The minimum atomic E-state index is -4.55. The van der Waals surface area contributed by atoms with E-state index in [2.05, 4.69) is 15.5 Å². The number of nitrogens with zero attached hydrogens (tertiary/aromatic N) is 2. The van der Waals surface area contributed by atoms with E-state index in [0.29, 0.717) is 11.1 Å². The monoisotopic (exact) mass is 518 g/mol. The van der Waals surface area contributed by atoms with Crippen LogP contribution in [0.4, 0.5) is 13.2 Å². The molecule has 0 saturated carbocycles. The second-order valence-corrected chi connectivity index (χ2v) is 9.38. The number of aromatic nitrogens is 2. The Kier molecular flexibility index (Phi) is 6.22. The first-order chi connectivity index (χ1) is 18.0. The van der Waals surface area contributed by atoms with Gasteiger partial charge >= 0.3 is 6.18 Å². The summed E-state index contributed by atoms with van der Waals surface area (Å²) in [6, 6.07) is 16.4. The number of fused-ring (bicyclic) bond motifs is 2. The van der Waals surface area contributed by atoms with E-state index in [9.17, 15) is 23.1 Å². The molecule has 0 spiro atoms. The number of carbonyl (C=O) groups is 1. The molecule has 5 rings (SSSR count). The van der Waals surface area contributed by atoms with Crippen molar-refractivity contribution in [2.75, 3.05) is 0 Å². The number of nitrogens with one attached hydrogen (secondary N) is 2. The van der Waals surface area contributed by atoms with Gasteiger partial charge in [0.05, 0.1) is 28.8 Å². The lowest BCUT2D eigenvalue weighted by atomic mass is 10.1. The standard InChI is InChI=1S/C29H25F3N4O2/c1-16-10-17(2)12-21(11-16)36-25-14-20(29(30,31)32)8-9-23(25)27(28(36)38)18(3)34-35-26(37)13-19-15-33-24-7-5-4-6-22(19)24/h4-12,14-15,33,38H,13H2,1-3H3,(H,35,37)/b34-18+. The van der Waals surface area contributed by atoms with Gasteiger partial charge in [0.25, 0.3) is 0 Å². The van der Waals surface area contributed by atoms with Crippen molar-refractivity contribution in [2.24, 2.45) is 5.10 Å². The Hall–Kier alpha value is -4.53. The number of hydrazone groups is 1. The fourth-order valence-electron chi connectivity index (χ4n) is 4.84. The summed E-state index contributed by atoms with van der Waals surface area (Å²) in [4.78, 5) is 15.8. The van der Waals surface area contributed by atoms with Gasteiger partial charge in [-0.25, -0.2) is 5.43 Å². The molecule has 5 aromatic rings. The van der Waals surface area contributed by atoms with Crippen molar-refractivity contribution in [3.63, 3.8) is 0 Å². The normalized spacial score (nSPS) is 12.4. The van der Waals surface area contributed by atoms with E-state index in [-0.39, 0.29) is 35.0 Å². The first-order valence-electron chi connectivity index (χ1n) is 11.9. The molecule has 2 heterocycles. The van der Waals surface area contributed by atoms with Gasteiger partial charge in [0.15, 0.2) is 0 Å². The number of hydrogen-bond donors (Lipinski definition) is 3. The van der Waals surface area contributed by atoms with E-state index in [0.717, 1.165) is 39.7 Å². The summed E-state index contributed by atoms with van der Waals surface area (Å²) >= 11 is 0. The molecule has 3 aromatic carbocycles. The van der Waals surface area contributed by atoms with Crippen LogP contribution in [-0.4, -0.2) is 26.3 Å². The molecule has 0 fully saturated rings. The van der Waals surface area contributed by atoms with Crippen LogP contribution in [0.2, 0.25) is 0 Å². The summed E-state index contributed by atoms with van der Waals surface area (Å²) < 4.78 is 42.1. The Balaban J connectivity index is 1.54. The maximum Gasteiger partial charge on any atom is 0.416 e. The summed E-state index contributed by atoms with van der Waals surface area (Å²) in [5.41, 5.74) is 6.37. The van der Waals surface area contributed by atoms with Gasteiger partial charge in [-0.15, -0.1) is 0 Å². The quantitative estimate of drug-likeness (QED) is 0.183. The molecule has 3 N–H and O–H groups in total. The van der Waals surface area contributed by atoms with E-state index in [1.165, 1.54) is 10.6 Å². The Labute approximate surface area is 216 Å². The van der Waals surface area contributed by atoms with E-state index >= 15 is 0 Å². The lowest BCUT2D eigenvalue weighted by Crippen LogP contribution is -2.21. The molecule has 0 bridgehead atoms. The number of carbonyl (C=O) groups excluding carboxylic acids is 1. The fourth-order valence-corrected chi connectivity index (χ4v) is 4.84. The molecular weight excluding hydrogens is 493 g/mol. The van der Waals surface area contributed by atoms with Gasteiger partial charge in [-0.3, -0.25) is 9.36 Å². The lowest BCUT2D eigenvalue weighted by Gasteiger charge is -2.11. The van der Waals surface area contributed by atoms with Crippen molar-refractivity contribution in [2.45, 2.75) is 33.4 Å². The number of rotatable bonds is 5. The fraction of sp³-hybridized carbons (Fsp3) is 0.172. The molecule has 1 amide bonds. The van der Waals surface area contributed by atoms with Crippen LogP contribution in [0, 0.1) is 13.8 Å². The summed E-state index contributed by atoms with van der Waals surface area (Å²) in [6.45, 7) is 5.33. The van der Waals surface area contributed by atoms with Gasteiger partial charge in [0, 0.05) is 28.2 Å². The molecule has 9 heteroatoms. The smallest absolute Gasteiger partial charge is 0.416 e. The molecule has 0 saturated heterocycles. The number of aryl methyl sites for hydroxylation is 2. The van der Waals surface area contributed by atoms with Gasteiger partial charge in [-0.1, -0.05) is 30.3 Å². The van der Waals surface area contributed by atoms with Crippen molar-refractivity contribution in [1.82, 2.24) is 15.0 Å². The molecule has 2 aromatic heterocycles. The van der Waals surface area contributed by atoms with Crippen molar-refractivity contribution < 1.29 is 23.1 Å². The maximum atomic E-state index is 13.6. The molecule has 194 valence electrons. The van der Waals surface area contributed by atoms with Crippen molar-refractivity contribution in [3.05, 3.63) is 94.7 Å². The highest BCUT2D eigenvalue weighted by atomic mass is 19.4. The minimum Gasteiger partial charge on any atom is -0.494 e. The highest BCUT2D eigenvalue weighted by molar-refractivity contribution is 6.13. The van der Waals surface area contributed by atoms with Crippen LogP contribution in [-0.2, 0) is 17.4 Å². The number of halogens is 3. The molecule has 0 radical (unpaired) electrons. The second kappa shape index (κ2) is 9.41. The topological polar surface area (TPSA) is 82.4 Å². The molecule has 38 heavy (non-hydrogen) atoms. The second-order valence-electron chi connectivity index (χ2n) is 9.38. The van der Waals surface area contributed by atoms with Gasteiger partial charge in [0.2, 0.25) is 11.8 Å². The number of aromatic hydroxyl groups is 1. The maximum absolute atomic E-state index is 13.6. The van der Waals surface area contributed by atoms with Gasteiger partial charge in [-0.2, -0.15) is 18.3 Å². The van der Waals surface area contributed by atoms with Gasteiger partial charge < -0.3 is 10.1 Å². The van der Waals surface area contributed by atoms with E-state index in [1.54, 1.807) is 25.3 Å². The number of para-hydroxylation sites is 1. The Morgan fingerprint density at radius 2 is 1.74 bits per heavy atom. The van der Waals surface area contributed by atoms with Crippen LogP contribution in [0.25, 0.3) is 27.5 Å². The Bertz CT molecular complexity index is 1710. The summed E-state index contributed by atoms with van der Waals surface area (Å²) in [7, 11) is 0. The van der Waals surface area contributed by atoms with Crippen molar-refractivity contribution in [3.8, 4) is 11.6 Å². The van der Waals surface area contributed by atoms with Crippen LogP contribution in [0.5, 0.6) is 5.88 Å². The molecule has 0 aliphatic carbocycles. The Morgan fingerprint density at radius 3 is 2.45 bits per heavy atom. The van der Waals surface area contributed by atoms with Gasteiger partial charge in [-0.05, 0) is 67.8 Å². The number of hydrogen-bond acceptors (Lipinski definition) is 3. The minimum absolute atomic E-state index is 0.0754. The summed E-state index contributed by atoms with van der Waals surface area (Å²) in [5.74, 6) is -0.637. The zero-order chi connectivity index (χ0) is 27.2. The van der Waals surface area contributed by atoms with Crippen LogP contribution in [0.3, 0.4) is 0 Å². The highest BCUT2D eigenvalue weighted by Crippen LogP contribution is 2.39. The van der Waals surface area contributed by atoms with Crippen molar-refractivity contribution >= 4 is 33.4 Å². The molecule has 6 nitrogen and oxygen atoms in total. The average molecular weight is 519 g/mol. The van der Waals surface area contributed by atoms with Crippen LogP contribution < -0.4 is 5.43 Å². The van der Waals surface area contributed by atoms with Gasteiger partial charge in [0.1, 0.15) is 0 Å².